The van der Waals surface area contributed by atoms with E-state index < -0.39 is 0 Å². The molecule has 8 heteroatoms. The molecule has 0 atom stereocenters. The number of nitrogens with zero attached hydrogens (tertiary/aromatic N) is 4. The maximum atomic E-state index is 5.97. The highest BCUT2D eigenvalue weighted by atomic mass is 15.2. The average Bonchev–Trinajstić information content (AvgIpc) is 3.21. The first-order valence-electron chi connectivity index (χ1n) is 9.03. The van der Waals surface area contributed by atoms with Gasteiger partial charge < -0.3 is 16.0 Å². The summed E-state index contributed by atoms with van der Waals surface area (Å²) in [6.45, 7) is 2.00. The number of aromatic nitrogens is 6. The molecule has 5 rings (SSSR count). The number of H-pyrrole nitrogens is 2. The fourth-order valence-electron chi connectivity index (χ4n) is 3.28. The summed E-state index contributed by atoms with van der Waals surface area (Å²) in [7, 11) is 0. The molecule has 27 heavy (non-hydrogen) atoms. The van der Waals surface area contributed by atoms with Crippen molar-refractivity contribution in [2.75, 3.05) is 11.1 Å². The van der Waals surface area contributed by atoms with E-state index in [1.807, 2.05) is 19.1 Å². The summed E-state index contributed by atoms with van der Waals surface area (Å²) in [6.07, 6.45) is 4.81. The number of fused-ring (bicyclic) bond motifs is 1. The van der Waals surface area contributed by atoms with Crippen LogP contribution in [0.5, 0.6) is 0 Å². The smallest absolute Gasteiger partial charge is 0.222 e. The van der Waals surface area contributed by atoms with E-state index in [1.54, 1.807) is 6.33 Å². The quantitative estimate of drug-likeness (QED) is 0.434. The molecule has 4 aromatic rings. The predicted octanol–water partition coefficient (Wildman–Crippen LogP) is 3.18. The van der Waals surface area contributed by atoms with Crippen molar-refractivity contribution in [1.29, 1.82) is 0 Å². The first-order chi connectivity index (χ1) is 13.2. The number of rotatable bonds is 5. The van der Waals surface area contributed by atoms with Crippen LogP contribution < -0.4 is 11.1 Å². The summed E-state index contributed by atoms with van der Waals surface area (Å²) in [6, 6.07) is 8.20. The van der Waals surface area contributed by atoms with Crippen molar-refractivity contribution in [2.24, 2.45) is 0 Å². The van der Waals surface area contributed by atoms with Crippen molar-refractivity contribution in [3.05, 3.63) is 53.1 Å². The van der Waals surface area contributed by atoms with Crippen LogP contribution in [0.1, 0.15) is 41.3 Å². The molecule has 0 amide bonds. The van der Waals surface area contributed by atoms with Crippen molar-refractivity contribution in [1.82, 2.24) is 30.1 Å². The van der Waals surface area contributed by atoms with E-state index in [4.69, 9.17) is 5.73 Å². The van der Waals surface area contributed by atoms with Crippen LogP contribution in [0.3, 0.4) is 0 Å². The van der Waals surface area contributed by atoms with Gasteiger partial charge in [-0.15, -0.1) is 0 Å². The average molecular weight is 360 g/mol. The molecule has 136 valence electrons. The van der Waals surface area contributed by atoms with E-state index in [0.717, 1.165) is 33.7 Å². The Morgan fingerprint density at radius 2 is 2.11 bits per heavy atom. The van der Waals surface area contributed by atoms with Gasteiger partial charge in [0.15, 0.2) is 5.82 Å². The Bertz CT molecular complexity index is 1120. The molecule has 5 N–H and O–H groups in total. The summed E-state index contributed by atoms with van der Waals surface area (Å²) in [4.78, 5) is 16.2. The second kappa shape index (κ2) is 6.08. The second-order valence-electron chi connectivity index (χ2n) is 7.04. The van der Waals surface area contributed by atoms with Crippen LogP contribution in [-0.2, 0) is 6.42 Å². The second-order valence-corrected chi connectivity index (χ2v) is 7.04. The third-order valence-electron chi connectivity index (χ3n) is 4.98. The van der Waals surface area contributed by atoms with Gasteiger partial charge in [0.05, 0.1) is 23.1 Å². The van der Waals surface area contributed by atoms with Crippen LogP contribution in [-0.4, -0.2) is 30.1 Å². The lowest BCUT2D eigenvalue weighted by Gasteiger charge is -2.11. The minimum atomic E-state index is 0.247. The SMILES string of the molecule is Cc1c(Cc2ccc3[nH]cnc3c2)nc(N)nc1Nc1cc(C2CC2)[nH]n1. The third-order valence-corrected chi connectivity index (χ3v) is 4.98. The van der Waals surface area contributed by atoms with Gasteiger partial charge in [0, 0.05) is 29.7 Å². The number of nitrogens with one attached hydrogen (secondary N) is 3. The lowest BCUT2D eigenvalue weighted by atomic mass is 10.1. The number of aromatic amines is 2. The number of nitrogen functional groups attached to an aromatic ring is 1. The molecule has 0 unspecified atom stereocenters. The zero-order valence-electron chi connectivity index (χ0n) is 15.0. The van der Waals surface area contributed by atoms with Crippen LogP contribution >= 0.6 is 0 Å². The first kappa shape index (κ1) is 15.8. The summed E-state index contributed by atoms with van der Waals surface area (Å²) in [5.41, 5.74) is 12.1. The van der Waals surface area contributed by atoms with Gasteiger partial charge >= 0.3 is 0 Å². The number of anilines is 3. The van der Waals surface area contributed by atoms with Gasteiger partial charge in [-0.3, -0.25) is 5.10 Å². The number of hydrogen-bond acceptors (Lipinski definition) is 6. The molecule has 3 heterocycles. The highest BCUT2D eigenvalue weighted by Crippen LogP contribution is 2.39. The molecule has 0 radical (unpaired) electrons. The molecular formula is C19H20N8. The lowest BCUT2D eigenvalue weighted by Crippen LogP contribution is -2.07. The van der Waals surface area contributed by atoms with E-state index in [2.05, 4.69) is 47.6 Å². The van der Waals surface area contributed by atoms with E-state index in [1.165, 1.54) is 18.5 Å². The molecular weight excluding hydrogens is 340 g/mol. The molecule has 0 spiro atoms. The van der Waals surface area contributed by atoms with Crippen LogP contribution in [0, 0.1) is 6.92 Å². The minimum absolute atomic E-state index is 0.247. The van der Waals surface area contributed by atoms with Crippen molar-refractivity contribution >= 4 is 28.6 Å². The van der Waals surface area contributed by atoms with Crippen LogP contribution in [0.15, 0.2) is 30.6 Å². The largest absolute Gasteiger partial charge is 0.368 e. The standard InChI is InChI=1S/C19H20N8/c1-10-14(6-11-2-5-13-16(7-11)22-9-21-13)23-19(20)25-18(10)24-17-8-15(26-27-17)12-3-4-12/h2,5,7-9,12H,3-4,6H2,1H3,(H,21,22)(H4,20,23,24,25,26,27). The molecule has 1 fully saturated rings. The maximum absolute atomic E-state index is 5.97. The van der Waals surface area contributed by atoms with E-state index in [-0.39, 0.29) is 5.95 Å². The molecule has 1 aromatic carbocycles. The topological polar surface area (TPSA) is 121 Å². The molecule has 8 nitrogen and oxygen atoms in total. The third kappa shape index (κ3) is 3.10. The Morgan fingerprint density at radius 3 is 2.96 bits per heavy atom. The van der Waals surface area contributed by atoms with Crippen molar-refractivity contribution < 1.29 is 0 Å². The Labute approximate surface area is 155 Å². The monoisotopic (exact) mass is 360 g/mol. The number of nitrogens with two attached hydrogens (primary N) is 1. The van der Waals surface area contributed by atoms with Gasteiger partial charge in [0.2, 0.25) is 5.95 Å². The Balaban J connectivity index is 1.43. The van der Waals surface area contributed by atoms with E-state index in [9.17, 15) is 0 Å². The summed E-state index contributed by atoms with van der Waals surface area (Å²) >= 11 is 0. The fourth-order valence-corrected chi connectivity index (χ4v) is 3.28. The van der Waals surface area contributed by atoms with E-state index in [0.29, 0.717) is 18.2 Å². The molecule has 1 saturated carbocycles. The summed E-state index contributed by atoms with van der Waals surface area (Å²) in [5.74, 6) is 2.31. The molecule has 0 aliphatic heterocycles. The highest BCUT2D eigenvalue weighted by molar-refractivity contribution is 5.75. The molecule has 1 aliphatic rings. The van der Waals surface area contributed by atoms with Gasteiger partial charge in [0.1, 0.15) is 5.82 Å². The van der Waals surface area contributed by atoms with Crippen molar-refractivity contribution in [3.63, 3.8) is 0 Å². The zero-order chi connectivity index (χ0) is 18.4. The van der Waals surface area contributed by atoms with E-state index >= 15 is 0 Å². The van der Waals surface area contributed by atoms with Gasteiger partial charge in [-0.1, -0.05) is 6.07 Å². The molecule has 0 saturated heterocycles. The maximum Gasteiger partial charge on any atom is 0.222 e. The summed E-state index contributed by atoms with van der Waals surface area (Å²) in [5, 5.41) is 10.7. The Morgan fingerprint density at radius 1 is 1.22 bits per heavy atom. The van der Waals surface area contributed by atoms with Gasteiger partial charge in [-0.2, -0.15) is 10.1 Å². The van der Waals surface area contributed by atoms with Gasteiger partial charge in [0.25, 0.3) is 0 Å². The zero-order valence-corrected chi connectivity index (χ0v) is 15.0. The molecule has 0 bridgehead atoms. The number of benzene rings is 1. The minimum Gasteiger partial charge on any atom is -0.368 e. The molecule has 3 aromatic heterocycles. The molecule has 1 aliphatic carbocycles. The normalized spacial score (nSPS) is 14.0. The van der Waals surface area contributed by atoms with Crippen LogP contribution in [0.4, 0.5) is 17.6 Å². The first-order valence-corrected chi connectivity index (χ1v) is 9.03. The Kier molecular flexibility index (Phi) is 3.56. The van der Waals surface area contributed by atoms with Gasteiger partial charge in [-0.05, 0) is 37.5 Å². The van der Waals surface area contributed by atoms with Crippen LogP contribution in [0.25, 0.3) is 11.0 Å². The van der Waals surface area contributed by atoms with Crippen molar-refractivity contribution in [3.8, 4) is 0 Å². The lowest BCUT2D eigenvalue weighted by molar-refractivity contribution is 0.964. The van der Waals surface area contributed by atoms with Crippen LogP contribution in [0.2, 0.25) is 0 Å². The number of imidazole rings is 1. The van der Waals surface area contributed by atoms with Crippen molar-refractivity contribution in [2.45, 2.75) is 32.1 Å². The Hall–Kier alpha value is -3.42. The van der Waals surface area contributed by atoms with Gasteiger partial charge in [-0.25, -0.2) is 9.97 Å². The predicted molar refractivity (Wildman–Crippen MR) is 104 cm³/mol. The fraction of sp³-hybridized carbons (Fsp3) is 0.263. The highest BCUT2D eigenvalue weighted by Gasteiger charge is 2.25. The summed E-state index contributed by atoms with van der Waals surface area (Å²) < 4.78 is 0. The number of hydrogen-bond donors (Lipinski definition) is 4.